The van der Waals surface area contributed by atoms with Gasteiger partial charge in [0.15, 0.2) is 0 Å². The van der Waals surface area contributed by atoms with E-state index in [4.69, 9.17) is 0 Å². The van der Waals surface area contributed by atoms with Gasteiger partial charge in [-0.2, -0.15) is 10.2 Å². The molecule has 0 amide bonds. The van der Waals surface area contributed by atoms with Crippen LogP contribution < -0.4 is 5.32 Å². The summed E-state index contributed by atoms with van der Waals surface area (Å²) < 4.78 is 2.29. The monoisotopic (exact) mass is 342 g/mol. The lowest BCUT2D eigenvalue weighted by Gasteiger charge is -2.11. The lowest BCUT2D eigenvalue weighted by molar-refractivity contribution is 0.964. The normalized spacial score (nSPS) is 11.1. The number of hydrogen-bond donors (Lipinski definition) is 1. The van der Waals surface area contributed by atoms with Crippen LogP contribution in [0.3, 0.4) is 0 Å². The first-order valence-electron chi connectivity index (χ1n) is 8.80. The predicted octanol–water partition coefficient (Wildman–Crippen LogP) is 5.40. The van der Waals surface area contributed by atoms with Gasteiger partial charge >= 0.3 is 0 Å². The summed E-state index contributed by atoms with van der Waals surface area (Å²) in [5, 5.41) is 14.5. The summed E-state index contributed by atoms with van der Waals surface area (Å²) in [6.45, 7) is 8.36. The maximum atomic E-state index is 4.30. The number of rotatable bonds is 3. The van der Waals surface area contributed by atoms with Crippen LogP contribution in [0.1, 0.15) is 22.8 Å². The quantitative estimate of drug-likeness (QED) is 0.542. The highest BCUT2D eigenvalue weighted by Gasteiger charge is 2.17. The number of para-hydroxylation sites is 1. The van der Waals surface area contributed by atoms with Gasteiger partial charge in [-0.05, 0) is 64.1 Å². The van der Waals surface area contributed by atoms with Gasteiger partial charge in [0.25, 0.3) is 0 Å². The summed E-state index contributed by atoms with van der Waals surface area (Å²) in [6.07, 6.45) is 0. The first-order chi connectivity index (χ1) is 12.6. The largest absolute Gasteiger partial charge is 0.356 e. The van der Waals surface area contributed by atoms with E-state index in [1.165, 1.54) is 22.2 Å². The molecule has 0 radical (unpaired) electrons. The summed E-state index contributed by atoms with van der Waals surface area (Å²) in [4.78, 5) is 0. The molecule has 2 heterocycles. The van der Waals surface area contributed by atoms with Gasteiger partial charge in [0, 0.05) is 39.2 Å². The molecule has 0 saturated carbocycles. The van der Waals surface area contributed by atoms with Crippen molar-refractivity contribution in [3.05, 3.63) is 77.4 Å². The molecule has 0 saturated heterocycles. The standard InChI is InChI=1S/C22H22N4/c1-14-21-16(3)26(17(4)22(21)15(2)25-24-14)20-12-10-19(11-13-20)23-18-8-6-5-7-9-18/h5-13,23H,1-4H3. The molecule has 2 aromatic carbocycles. The Morgan fingerprint density at radius 3 is 1.69 bits per heavy atom. The fraction of sp³-hybridized carbons (Fsp3) is 0.182. The molecule has 0 bridgehead atoms. The van der Waals surface area contributed by atoms with Crippen molar-refractivity contribution in [2.24, 2.45) is 0 Å². The Morgan fingerprint density at radius 1 is 0.654 bits per heavy atom. The summed E-state index contributed by atoms with van der Waals surface area (Å²) >= 11 is 0. The summed E-state index contributed by atoms with van der Waals surface area (Å²) in [7, 11) is 0. The molecular weight excluding hydrogens is 320 g/mol. The van der Waals surface area contributed by atoms with Crippen molar-refractivity contribution < 1.29 is 0 Å². The molecular formula is C22H22N4. The minimum Gasteiger partial charge on any atom is -0.356 e. The van der Waals surface area contributed by atoms with Gasteiger partial charge in [0.05, 0.1) is 11.4 Å². The number of anilines is 2. The van der Waals surface area contributed by atoms with Crippen molar-refractivity contribution in [3.8, 4) is 5.69 Å². The van der Waals surface area contributed by atoms with Crippen molar-refractivity contribution in [2.75, 3.05) is 5.32 Å². The molecule has 0 aliphatic rings. The molecule has 1 N–H and O–H groups in total. The lowest BCUT2D eigenvalue weighted by Crippen LogP contribution is -1.99. The van der Waals surface area contributed by atoms with E-state index >= 15 is 0 Å². The van der Waals surface area contributed by atoms with E-state index < -0.39 is 0 Å². The summed E-state index contributed by atoms with van der Waals surface area (Å²) in [5.74, 6) is 0. The second-order valence-corrected chi connectivity index (χ2v) is 6.66. The Labute approximate surface area is 153 Å². The number of aromatic nitrogens is 3. The summed E-state index contributed by atoms with van der Waals surface area (Å²) in [5.41, 5.74) is 7.67. The molecule has 4 rings (SSSR count). The molecule has 4 nitrogen and oxygen atoms in total. The highest BCUT2D eigenvalue weighted by molar-refractivity contribution is 5.92. The van der Waals surface area contributed by atoms with Gasteiger partial charge in [-0.25, -0.2) is 0 Å². The fourth-order valence-corrected chi connectivity index (χ4v) is 3.74. The van der Waals surface area contributed by atoms with E-state index in [0.29, 0.717) is 0 Å². The molecule has 2 aromatic heterocycles. The van der Waals surface area contributed by atoms with Crippen LogP contribution in [0.2, 0.25) is 0 Å². The number of nitrogens with one attached hydrogen (secondary N) is 1. The van der Waals surface area contributed by atoms with Crippen LogP contribution >= 0.6 is 0 Å². The predicted molar refractivity (Wildman–Crippen MR) is 108 cm³/mol. The Hall–Kier alpha value is -3.14. The maximum absolute atomic E-state index is 4.30. The number of benzene rings is 2. The number of hydrogen-bond acceptors (Lipinski definition) is 3. The molecule has 130 valence electrons. The fourth-order valence-electron chi connectivity index (χ4n) is 3.74. The van der Waals surface area contributed by atoms with E-state index in [0.717, 1.165) is 28.5 Å². The van der Waals surface area contributed by atoms with Crippen molar-refractivity contribution in [3.63, 3.8) is 0 Å². The molecule has 0 unspecified atom stereocenters. The number of aryl methyl sites for hydroxylation is 4. The van der Waals surface area contributed by atoms with E-state index in [9.17, 15) is 0 Å². The Balaban J connectivity index is 1.77. The van der Waals surface area contributed by atoms with E-state index in [2.05, 4.69) is 70.3 Å². The minimum atomic E-state index is 0.979. The zero-order chi connectivity index (χ0) is 18.3. The lowest BCUT2D eigenvalue weighted by atomic mass is 10.1. The van der Waals surface area contributed by atoms with Crippen LogP contribution in [0.25, 0.3) is 16.5 Å². The molecule has 0 aliphatic heterocycles. The molecule has 0 aliphatic carbocycles. The van der Waals surface area contributed by atoms with Crippen molar-refractivity contribution in [2.45, 2.75) is 27.7 Å². The number of nitrogens with zero attached hydrogens (tertiary/aromatic N) is 3. The minimum absolute atomic E-state index is 0.979. The van der Waals surface area contributed by atoms with Gasteiger partial charge in [-0.1, -0.05) is 18.2 Å². The van der Waals surface area contributed by atoms with Crippen molar-refractivity contribution in [1.82, 2.24) is 14.8 Å². The van der Waals surface area contributed by atoms with Crippen LogP contribution in [-0.4, -0.2) is 14.8 Å². The van der Waals surface area contributed by atoms with Crippen LogP contribution in [0.4, 0.5) is 11.4 Å². The Morgan fingerprint density at radius 2 is 1.15 bits per heavy atom. The number of fused-ring (bicyclic) bond motifs is 1. The molecule has 0 atom stereocenters. The third kappa shape index (κ3) is 2.64. The van der Waals surface area contributed by atoms with E-state index in [1.54, 1.807) is 0 Å². The van der Waals surface area contributed by atoms with Crippen LogP contribution in [0.5, 0.6) is 0 Å². The summed E-state index contributed by atoms with van der Waals surface area (Å²) in [6, 6.07) is 18.7. The van der Waals surface area contributed by atoms with Gasteiger partial charge in [-0.3, -0.25) is 0 Å². The SMILES string of the molecule is Cc1nnc(C)c2c(C)n(-c3ccc(Nc4ccccc4)cc3)c(C)c12. The van der Waals surface area contributed by atoms with Gasteiger partial charge < -0.3 is 9.88 Å². The molecule has 4 aromatic rings. The third-order valence-electron chi connectivity index (χ3n) is 4.91. The van der Waals surface area contributed by atoms with Crippen molar-refractivity contribution in [1.29, 1.82) is 0 Å². The highest BCUT2D eigenvalue weighted by Crippen LogP contribution is 2.32. The van der Waals surface area contributed by atoms with Crippen LogP contribution in [0.15, 0.2) is 54.6 Å². The highest BCUT2D eigenvalue weighted by atomic mass is 15.1. The zero-order valence-electron chi connectivity index (χ0n) is 15.5. The first-order valence-corrected chi connectivity index (χ1v) is 8.80. The second kappa shape index (κ2) is 6.30. The topological polar surface area (TPSA) is 42.7 Å². The van der Waals surface area contributed by atoms with Crippen LogP contribution in [0, 0.1) is 27.7 Å². The molecule has 26 heavy (non-hydrogen) atoms. The smallest absolute Gasteiger partial charge is 0.0696 e. The maximum Gasteiger partial charge on any atom is 0.0696 e. The molecule has 4 heteroatoms. The average Bonchev–Trinajstić information content (AvgIpc) is 2.92. The molecule has 0 spiro atoms. The van der Waals surface area contributed by atoms with Gasteiger partial charge in [-0.15, -0.1) is 0 Å². The van der Waals surface area contributed by atoms with Crippen LogP contribution in [-0.2, 0) is 0 Å². The Kier molecular flexibility index (Phi) is 3.96. The zero-order valence-corrected chi connectivity index (χ0v) is 15.5. The third-order valence-corrected chi connectivity index (χ3v) is 4.91. The van der Waals surface area contributed by atoms with E-state index in [-0.39, 0.29) is 0 Å². The Bertz CT molecular complexity index is 1030. The second-order valence-electron chi connectivity index (χ2n) is 6.66. The average molecular weight is 342 g/mol. The van der Waals surface area contributed by atoms with Gasteiger partial charge in [0.2, 0.25) is 0 Å². The van der Waals surface area contributed by atoms with Crippen molar-refractivity contribution >= 4 is 22.1 Å². The molecule has 0 fully saturated rings. The van der Waals surface area contributed by atoms with Gasteiger partial charge in [0.1, 0.15) is 0 Å². The first kappa shape index (κ1) is 16.3. The van der Waals surface area contributed by atoms with E-state index in [1.807, 2.05) is 32.0 Å².